The number of nitrogens with one attached hydrogen (secondary N) is 4. The Bertz CT molecular complexity index is 1220. The number of benzene rings is 2. The molecule has 2 aromatic carbocycles. The van der Waals surface area contributed by atoms with Crippen molar-refractivity contribution in [3.8, 4) is 5.75 Å². The Morgan fingerprint density at radius 1 is 1.10 bits per heavy atom. The van der Waals surface area contributed by atoms with Gasteiger partial charge in [0.05, 0.1) is 7.11 Å². The summed E-state index contributed by atoms with van der Waals surface area (Å²) in [5.74, 6) is 0.785. The molecule has 0 unspecified atom stereocenters. The third kappa shape index (κ3) is 3.91. The van der Waals surface area contributed by atoms with E-state index in [-0.39, 0.29) is 5.69 Å². The molecule has 0 spiro atoms. The van der Waals surface area contributed by atoms with Gasteiger partial charge < -0.3 is 15.4 Å². The lowest BCUT2D eigenvalue weighted by Gasteiger charge is -2.07. The van der Waals surface area contributed by atoms with Crippen molar-refractivity contribution in [2.75, 3.05) is 17.7 Å². The molecule has 2 heterocycles. The van der Waals surface area contributed by atoms with Crippen LogP contribution in [0.1, 0.15) is 10.4 Å². The lowest BCUT2D eigenvalue weighted by molar-refractivity contribution is -0.352. The van der Waals surface area contributed by atoms with Gasteiger partial charge in [0.25, 0.3) is 5.91 Å². The van der Waals surface area contributed by atoms with Gasteiger partial charge in [-0.25, -0.2) is 14.8 Å². The standard InChI is InChI=1S/C21H17N5O3/c1-29-15-9-7-13(8-10-15)20(27)25-17-11-16-18(24-14-5-3-2-4-6-14)22-12-23-19(16)26-21(17)28/h2-12H,1H3,(H,25,27)(H2,22,23,24,26,28)/p+1. The number of ether oxygens (including phenoxy) is 1. The van der Waals surface area contributed by atoms with Crippen molar-refractivity contribution in [2.45, 2.75) is 0 Å². The lowest BCUT2D eigenvalue weighted by atomic mass is 10.2. The molecule has 0 radical (unpaired) electrons. The van der Waals surface area contributed by atoms with Crippen LogP contribution in [0.25, 0.3) is 11.0 Å². The summed E-state index contributed by atoms with van der Waals surface area (Å²) in [5.41, 5.74) is 1.45. The van der Waals surface area contributed by atoms with Crippen molar-refractivity contribution in [2.24, 2.45) is 0 Å². The highest BCUT2D eigenvalue weighted by Crippen LogP contribution is 2.22. The molecule has 8 heteroatoms. The normalized spacial score (nSPS) is 10.5. The summed E-state index contributed by atoms with van der Waals surface area (Å²) in [6.07, 6.45) is 1.49. The quantitative estimate of drug-likeness (QED) is 0.487. The van der Waals surface area contributed by atoms with Crippen LogP contribution in [-0.2, 0) is 0 Å². The Hall–Kier alpha value is -4.20. The highest BCUT2D eigenvalue weighted by molar-refractivity contribution is 6.05. The molecule has 1 amide bonds. The Labute approximate surface area is 165 Å². The number of para-hydroxylation sites is 1. The van der Waals surface area contributed by atoms with E-state index in [4.69, 9.17) is 4.74 Å². The van der Waals surface area contributed by atoms with E-state index < -0.39 is 11.5 Å². The molecule has 0 atom stereocenters. The minimum atomic E-state index is -0.424. The fourth-order valence-electron chi connectivity index (χ4n) is 2.85. The van der Waals surface area contributed by atoms with Crippen molar-refractivity contribution >= 4 is 34.1 Å². The first kappa shape index (κ1) is 18.2. The number of carbonyl (C=O) groups is 1. The van der Waals surface area contributed by atoms with Crippen molar-refractivity contribution in [1.82, 2.24) is 9.97 Å². The maximum absolute atomic E-state index is 12.5. The van der Waals surface area contributed by atoms with Gasteiger partial charge in [0, 0.05) is 11.3 Å². The molecular weight excluding hydrogens is 370 g/mol. The topological polar surface area (TPSA) is 110 Å². The summed E-state index contributed by atoms with van der Waals surface area (Å²) in [6.45, 7) is 0. The fourth-order valence-corrected chi connectivity index (χ4v) is 2.85. The number of H-pyrrole nitrogens is 2. The van der Waals surface area contributed by atoms with Crippen LogP contribution < -0.4 is 25.9 Å². The van der Waals surface area contributed by atoms with Crippen LogP contribution in [0.2, 0.25) is 0 Å². The number of aromatic amines is 2. The van der Waals surface area contributed by atoms with Crippen LogP contribution in [0.5, 0.6) is 5.75 Å². The Kier molecular flexibility index (Phi) is 4.90. The predicted molar refractivity (Wildman–Crippen MR) is 110 cm³/mol. The van der Waals surface area contributed by atoms with E-state index in [9.17, 15) is 9.59 Å². The van der Waals surface area contributed by atoms with Gasteiger partial charge in [-0.2, -0.15) is 0 Å². The number of rotatable bonds is 5. The number of pyridine rings is 1. The van der Waals surface area contributed by atoms with Gasteiger partial charge in [0.1, 0.15) is 16.8 Å². The van der Waals surface area contributed by atoms with Crippen molar-refractivity contribution in [3.05, 3.63) is 82.9 Å². The monoisotopic (exact) mass is 388 g/mol. The molecule has 0 saturated carbocycles. The molecule has 0 aliphatic heterocycles. The number of nitrogens with zero attached hydrogens (tertiary/aromatic N) is 1. The molecule has 29 heavy (non-hydrogen) atoms. The average molecular weight is 388 g/mol. The van der Waals surface area contributed by atoms with E-state index in [1.807, 2.05) is 30.3 Å². The number of aromatic nitrogens is 3. The second-order valence-electron chi connectivity index (χ2n) is 6.23. The molecular formula is C21H18N5O3+. The number of hydrogen-bond acceptors (Lipinski definition) is 5. The molecule has 4 rings (SSSR count). The van der Waals surface area contributed by atoms with E-state index in [0.29, 0.717) is 28.2 Å². The summed E-state index contributed by atoms with van der Waals surface area (Å²) in [6, 6.07) is 17.7. The Balaban J connectivity index is 1.67. The van der Waals surface area contributed by atoms with E-state index >= 15 is 0 Å². The maximum atomic E-state index is 12.5. The third-order valence-electron chi connectivity index (χ3n) is 4.34. The van der Waals surface area contributed by atoms with Gasteiger partial charge in [-0.15, -0.1) is 0 Å². The average Bonchev–Trinajstić information content (AvgIpc) is 2.75. The molecule has 144 valence electrons. The number of methoxy groups -OCH3 is 1. The molecule has 0 aliphatic carbocycles. The largest absolute Gasteiger partial charge is 0.497 e. The highest BCUT2D eigenvalue weighted by atomic mass is 16.5. The Morgan fingerprint density at radius 3 is 2.59 bits per heavy atom. The fraction of sp³-hybridized carbons (Fsp3) is 0.0476. The van der Waals surface area contributed by atoms with Crippen LogP contribution >= 0.6 is 0 Å². The third-order valence-corrected chi connectivity index (χ3v) is 4.34. The predicted octanol–water partition coefficient (Wildman–Crippen LogP) is 2.74. The molecule has 4 N–H and O–H groups in total. The summed E-state index contributed by atoms with van der Waals surface area (Å²) < 4.78 is 5.09. The summed E-state index contributed by atoms with van der Waals surface area (Å²) >= 11 is 0. The molecule has 0 saturated heterocycles. The van der Waals surface area contributed by atoms with Gasteiger partial charge in [0.2, 0.25) is 17.8 Å². The maximum Gasteiger partial charge on any atom is 0.328 e. The number of fused-ring (bicyclic) bond motifs is 1. The van der Waals surface area contributed by atoms with Crippen LogP contribution in [0.15, 0.2) is 71.8 Å². The Morgan fingerprint density at radius 2 is 1.86 bits per heavy atom. The minimum absolute atomic E-state index is 0.121. The van der Waals surface area contributed by atoms with Crippen molar-refractivity contribution in [1.29, 1.82) is 0 Å². The number of anilines is 3. The van der Waals surface area contributed by atoms with Crippen LogP contribution in [0.4, 0.5) is 17.2 Å². The SMILES string of the molecule is COc1ccc(C(=O)Nc2cc3c(Nc4ccccc4)nc[nH+]c3[nH]c2=O)cc1. The van der Waals surface area contributed by atoms with Crippen LogP contribution in [0, 0.1) is 0 Å². The van der Waals surface area contributed by atoms with Crippen molar-refractivity contribution < 1.29 is 14.5 Å². The molecule has 8 nitrogen and oxygen atoms in total. The first-order chi connectivity index (χ1) is 14.1. The van der Waals surface area contributed by atoms with Gasteiger partial charge in [-0.1, -0.05) is 23.2 Å². The van der Waals surface area contributed by atoms with E-state index in [1.54, 1.807) is 37.4 Å². The minimum Gasteiger partial charge on any atom is -0.497 e. The van der Waals surface area contributed by atoms with Crippen LogP contribution in [0.3, 0.4) is 0 Å². The van der Waals surface area contributed by atoms with E-state index in [1.165, 1.54) is 6.33 Å². The molecule has 0 fully saturated rings. The van der Waals surface area contributed by atoms with Gasteiger partial charge >= 0.3 is 5.56 Å². The number of hydrogen-bond donors (Lipinski definition) is 3. The van der Waals surface area contributed by atoms with Gasteiger partial charge in [-0.3, -0.25) is 4.79 Å². The zero-order valence-electron chi connectivity index (χ0n) is 15.5. The number of carbonyl (C=O) groups excluding carboxylic acids is 1. The highest BCUT2D eigenvalue weighted by Gasteiger charge is 2.16. The lowest BCUT2D eigenvalue weighted by Crippen LogP contribution is -2.22. The zero-order chi connectivity index (χ0) is 20.2. The first-order valence-corrected chi connectivity index (χ1v) is 8.85. The second kappa shape index (κ2) is 7.81. The molecule has 0 bridgehead atoms. The van der Waals surface area contributed by atoms with E-state index in [0.717, 1.165) is 5.69 Å². The van der Waals surface area contributed by atoms with Gasteiger partial charge in [0.15, 0.2) is 0 Å². The molecule has 4 aromatic rings. The van der Waals surface area contributed by atoms with Crippen LogP contribution in [-0.4, -0.2) is 23.0 Å². The molecule has 2 aromatic heterocycles. The number of amides is 1. The summed E-state index contributed by atoms with van der Waals surface area (Å²) in [4.78, 5) is 34.9. The van der Waals surface area contributed by atoms with Gasteiger partial charge in [-0.05, 0) is 42.5 Å². The van der Waals surface area contributed by atoms with E-state index in [2.05, 4.69) is 25.6 Å². The van der Waals surface area contributed by atoms with Crippen molar-refractivity contribution in [3.63, 3.8) is 0 Å². The smallest absolute Gasteiger partial charge is 0.328 e. The summed E-state index contributed by atoms with van der Waals surface area (Å²) in [7, 11) is 1.55. The second-order valence-corrected chi connectivity index (χ2v) is 6.23. The summed E-state index contributed by atoms with van der Waals surface area (Å²) in [5, 5.41) is 6.49. The molecule has 0 aliphatic rings. The zero-order valence-corrected chi connectivity index (χ0v) is 15.5. The first-order valence-electron chi connectivity index (χ1n) is 8.85.